The van der Waals surface area contributed by atoms with Crippen molar-refractivity contribution in [3.8, 4) is 0 Å². The molecule has 8 nitrogen and oxygen atoms in total. The fourth-order valence-electron chi connectivity index (χ4n) is 1.47. The minimum atomic E-state index is -0.736. The first-order valence-corrected chi connectivity index (χ1v) is 6.99. The van der Waals surface area contributed by atoms with E-state index >= 15 is 0 Å². The van der Waals surface area contributed by atoms with Gasteiger partial charge in [-0.15, -0.1) is 20.2 Å². The number of hydrogen-bond donors (Lipinski definition) is 0. The summed E-state index contributed by atoms with van der Waals surface area (Å²) in [6.07, 6.45) is 4.71. The highest BCUT2D eigenvalue weighted by Crippen LogP contribution is 2.05. The summed E-state index contributed by atoms with van der Waals surface area (Å²) in [5.74, 6) is 0. The van der Waals surface area contributed by atoms with Gasteiger partial charge in [0, 0.05) is 0 Å². The van der Waals surface area contributed by atoms with Gasteiger partial charge in [0.2, 0.25) is 0 Å². The third-order valence-electron chi connectivity index (χ3n) is 2.53. The normalized spacial score (nSPS) is 12.6. The van der Waals surface area contributed by atoms with E-state index < -0.39 is 10.2 Å². The second-order valence-electron chi connectivity index (χ2n) is 4.43. The molecule has 0 aliphatic carbocycles. The van der Waals surface area contributed by atoms with Crippen LogP contribution in [0.2, 0.25) is 0 Å². The Bertz CT molecular complexity index is 262. The quantitative estimate of drug-likeness (QED) is 0.450. The van der Waals surface area contributed by atoms with Crippen LogP contribution in [0.3, 0.4) is 0 Å². The Morgan fingerprint density at radius 1 is 0.950 bits per heavy atom. The summed E-state index contributed by atoms with van der Waals surface area (Å²) in [7, 11) is 0. The van der Waals surface area contributed by atoms with E-state index in [1.807, 2.05) is 20.8 Å². The first-order chi connectivity index (χ1) is 9.37. The molecule has 0 aromatic carbocycles. The molecule has 0 heterocycles. The van der Waals surface area contributed by atoms with Crippen LogP contribution >= 0.6 is 0 Å². The predicted molar refractivity (Wildman–Crippen MR) is 74.1 cm³/mol. The lowest BCUT2D eigenvalue weighted by molar-refractivity contribution is -0.768. The van der Waals surface area contributed by atoms with Crippen molar-refractivity contribution in [1.29, 1.82) is 0 Å². The van der Waals surface area contributed by atoms with E-state index in [-0.39, 0.29) is 12.2 Å². The smallest absolute Gasteiger partial charge is 0.294 e. The zero-order valence-corrected chi connectivity index (χ0v) is 12.7. The fraction of sp³-hybridized carbons (Fsp3) is 1.00. The highest BCUT2D eigenvalue weighted by Gasteiger charge is 2.08. The third-order valence-corrected chi connectivity index (χ3v) is 2.53. The standard InChI is InChI=1S/2C6H13NO3/c1-3-4-5-6(2)10-7(8)9;1-3-5-6(4-2)10-7(8)9/h2*6H,3-5H2,1-2H3. The maximum atomic E-state index is 9.83. The summed E-state index contributed by atoms with van der Waals surface area (Å²) >= 11 is 0. The second-order valence-corrected chi connectivity index (χ2v) is 4.43. The molecule has 0 radical (unpaired) electrons. The van der Waals surface area contributed by atoms with Gasteiger partial charge in [0.15, 0.2) is 0 Å². The van der Waals surface area contributed by atoms with E-state index in [2.05, 4.69) is 9.68 Å². The van der Waals surface area contributed by atoms with Crippen molar-refractivity contribution in [3.05, 3.63) is 20.2 Å². The van der Waals surface area contributed by atoms with Crippen LogP contribution in [0.15, 0.2) is 0 Å². The molecule has 0 aromatic heterocycles. The third kappa shape index (κ3) is 16.4. The van der Waals surface area contributed by atoms with Crippen LogP contribution in [-0.2, 0) is 9.68 Å². The van der Waals surface area contributed by atoms with E-state index in [4.69, 9.17) is 0 Å². The van der Waals surface area contributed by atoms with Crippen molar-refractivity contribution in [2.45, 2.75) is 78.4 Å². The van der Waals surface area contributed by atoms with Crippen LogP contribution < -0.4 is 0 Å². The molecule has 0 aliphatic heterocycles. The number of rotatable bonds is 10. The van der Waals surface area contributed by atoms with Gasteiger partial charge in [-0.25, -0.2) is 0 Å². The van der Waals surface area contributed by atoms with Crippen LogP contribution in [0.4, 0.5) is 0 Å². The Kier molecular flexibility index (Phi) is 14.3. The minimum Gasteiger partial charge on any atom is -0.311 e. The van der Waals surface area contributed by atoms with E-state index in [9.17, 15) is 20.2 Å². The lowest BCUT2D eigenvalue weighted by Crippen LogP contribution is -2.15. The lowest BCUT2D eigenvalue weighted by atomic mass is 10.2. The molecule has 0 aromatic rings. The molecule has 0 amide bonds. The number of unbranched alkanes of at least 4 members (excludes halogenated alkanes) is 1. The van der Waals surface area contributed by atoms with Gasteiger partial charge < -0.3 is 9.68 Å². The molecule has 0 aliphatic rings. The van der Waals surface area contributed by atoms with Crippen molar-refractivity contribution in [1.82, 2.24) is 0 Å². The van der Waals surface area contributed by atoms with E-state index in [1.165, 1.54) is 0 Å². The van der Waals surface area contributed by atoms with Gasteiger partial charge in [-0.1, -0.05) is 40.0 Å². The zero-order valence-electron chi connectivity index (χ0n) is 12.7. The molecule has 0 fully saturated rings. The molecule has 0 bridgehead atoms. The van der Waals surface area contributed by atoms with Gasteiger partial charge in [0.1, 0.15) is 12.2 Å². The highest BCUT2D eigenvalue weighted by atomic mass is 17.0. The average Bonchev–Trinajstić information content (AvgIpc) is 2.35. The molecule has 120 valence electrons. The Morgan fingerprint density at radius 3 is 1.85 bits per heavy atom. The van der Waals surface area contributed by atoms with Crippen LogP contribution in [0.25, 0.3) is 0 Å². The monoisotopic (exact) mass is 294 g/mol. The summed E-state index contributed by atoms with van der Waals surface area (Å²) in [5, 5.41) is 18.1. The van der Waals surface area contributed by atoms with Gasteiger partial charge >= 0.3 is 0 Å². The Labute approximate surface area is 119 Å². The van der Waals surface area contributed by atoms with Gasteiger partial charge in [-0.3, -0.25) is 0 Å². The van der Waals surface area contributed by atoms with E-state index in [0.717, 1.165) is 32.1 Å². The fourth-order valence-corrected chi connectivity index (χ4v) is 1.47. The average molecular weight is 294 g/mol. The summed E-state index contributed by atoms with van der Waals surface area (Å²) in [6.45, 7) is 7.60. The molecule has 8 heteroatoms. The zero-order chi connectivity index (χ0) is 16.0. The predicted octanol–water partition coefficient (Wildman–Crippen LogP) is 3.55. The molecule has 0 saturated carbocycles. The van der Waals surface area contributed by atoms with Gasteiger partial charge in [0.05, 0.1) is 0 Å². The Morgan fingerprint density at radius 2 is 1.50 bits per heavy atom. The van der Waals surface area contributed by atoms with E-state index in [1.54, 1.807) is 6.92 Å². The molecule has 20 heavy (non-hydrogen) atoms. The van der Waals surface area contributed by atoms with Gasteiger partial charge in [-0.2, -0.15) is 0 Å². The van der Waals surface area contributed by atoms with Crippen LogP contribution in [0.5, 0.6) is 0 Å². The summed E-state index contributed by atoms with van der Waals surface area (Å²) in [4.78, 5) is 28.2. The molecule has 2 atom stereocenters. The lowest BCUT2D eigenvalue weighted by Gasteiger charge is -2.09. The first kappa shape index (κ1) is 20.7. The maximum absolute atomic E-state index is 9.83. The maximum Gasteiger partial charge on any atom is 0.294 e. The molecular formula is C12H26N2O6. The van der Waals surface area contributed by atoms with Crippen molar-refractivity contribution in [2.24, 2.45) is 0 Å². The molecular weight excluding hydrogens is 268 g/mol. The number of hydrogen-bond acceptors (Lipinski definition) is 6. The van der Waals surface area contributed by atoms with Crippen LogP contribution in [0.1, 0.15) is 66.2 Å². The largest absolute Gasteiger partial charge is 0.311 e. The topological polar surface area (TPSA) is 105 Å². The second kappa shape index (κ2) is 13.8. The van der Waals surface area contributed by atoms with Gasteiger partial charge in [-0.05, 0) is 26.2 Å². The molecule has 0 N–H and O–H groups in total. The molecule has 2 unspecified atom stereocenters. The minimum absolute atomic E-state index is 0.208. The number of nitrogens with zero attached hydrogens (tertiary/aromatic N) is 2. The summed E-state index contributed by atoms with van der Waals surface area (Å²) in [6, 6.07) is 0. The summed E-state index contributed by atoms with van der Waals surface area (Å²) < 4.78 is 0. The summed E-state index contributed by atoms with van der Waals surface area (Å²) in [5.41, 5.74) is 0. The molecule has 0 spiro atoms. The van der Waals surface area contributed by atoms with Crippen molar-refractivity contribution in [2.75, 3.05) is 0 Å². The van der Waals surface area contributed by atoms with Crippen LogP contribution in [-0.4, -0.2) is 22.4 Å². The Balaban J connectivity index is 0. The van der Waals surface area contributed by atoms with Crippen molar-refractivity contribution in [3.63, 3.8) is 0 Å². The molecule has 0 rings (SSSR count). The van der Waals surface area contributed by atoms with Crippen molar-refractivity contribution >= 4 is 0 Å². The van der Waals surface area contributed by atoms with Crippen molar-refractivity contribution < 1.29 is 19.8 Å². The molecule has 0 saturated heterocycles. The van der Waals surface area contributed by atoms with Crippen LogP contribution in [0, 0.1) is 20.2 Å². The first-order valence-electron chi connectivity index (χ1n) is 6.99. The van der Waals surface area contributed by atoms with Gasteiger partial charge in [0.25, 0.3) is 10.2 Å². The Hall–Kier alpha value is -1.60. The van der Waals surface area contributed by atoms with E-state index in [0.29, 0.717) is 6.42 Å². The SMILES string of the molecule is CCCC(CC)O[N+](=O)[O-].CCCCC(C)O[N+](=O)[O-]. The highest BCUT2D eigenvalue weighted by molar-refractivity contribution is 4.50.